The number of pyridine rings is 1. The van der Waals surface area contributed by atoms with E-state index < -0.39 is 17.8 Å². The fourth-order valence-corrected chi connectivity index (χ4v) is 3.16. The van der Waals surface area contributed by atoms with Crippen molar-refractivity contribution in [2.24, 2.45) is 0 Å². The molecule has 2 amide bonds. The van der Waals surface area contributed by atoms with Gasteiger partial charge in [0, 0.05) is 24.9 Å². The molecule has 3 aromatic rings. The highest BCUT2D eigenvalue weighted by Crippen LogP contribution is 2.11. The number of nitrogen functional groups attached to an aromatic ring is 1. The van der Waals surface area contributed by atoms with Crippen molar-refractivity contribution in [2.45, 2.75) is 32.9 Å². The molecule has 5 N–H and O–H groups in total. The Morgan fingerprint density at radius 3 is 2.60 bits per heavy atom. The fourth-order valence-electron chi connectivity index (χ4n) is 3.16. The van der Waals surface area contributed by atoms with E-state index in [1.807, 2.05) is 19.9 Å². The highest BCUT2D eigenvalue weighted by Gasteiger charge is 2.23. The molecule has 7 nitrogen and oxygen atoms in total. The summed E-state index contributed by atoms with van der Waals surface area (Å²) in [4.78, 5) is 32.6. The van der Waals surface area contributed by atoms with Crippen LogP contribution in [0.5, 0.6) is 0 Å². The van der Waals surface area contributed by atoms with Crippen LogP contribution in [0, 0.1) is 19.7 Å². The summed E-state index contributed by atoms with van der Waals surface area (Å²) in [7, 11) is 0. The number of carbonyl (C=O) groups is 2. The molecule has 0 aliphatic carbocycles. The summed E-state index contributed by atoms with van der Waals surface area (Å²) < 4.78 is 13.6. The monoisotopic (exact) mass is 409 g/mol. The normalized spacial score (nSPS) is 11.7. The van der Waals surface area contributed by atoms with Gasteiger partial charge in [-0.05, 0) is 54.8 Å². The van der Waals surface area contributed by atoms with Gasteiger partial charge >= 0.3 is 0 Å². The molecule has 0 aliphatic heterocycles. The van der Waals surface area contributed by atoms with Crippen molar-refractivity contribution in [2.75, 3.05) is 5.73 Å². The van der Waals surface area contributed by atoms with E-state index >= 15 is 0 Å². The van der Waals surface area contributed by atoms with Gasteiger partial charge in [0.25, 0.3) is 5.91 Å². The number of halogens is 1. The molecule has 8 heteroatoms. The van der Waals surface area contributed by atoms with E-state index in [1.165, 1.54) is 12.1 Å². The number of hydrogen-bond donors (Lipinski definition) is 4. The minimum absolute atomic E-state index is 0.147. The van der Waals surface area contributed by atoms with E-state index in [2.05, 4.69) is 20.6 Å². The number of aryl methyl sites for hydroxylation is 2. The first-order chi connectivity index (χ1) is 14.3. The minimum atomic E-state index is -0.885. The molecule has 1 aromatic carbocycles. The molecule has 0 saturated carbocycles. The Labute approximate surface area is 173 Å². The molecule has 30 heavy (non-hydrogen) atoms. The number of aromatic amines is 1. The fraction of sp³-hybridized carbons (Fsp3) is 0.227. The summed E-state index contributed by atoms with van der Waals surface area (Å²) in [5.74, 6) is -0.795. The predicted molar refractivity (Wildman–Crippen MR) is 112 cm³/mol. The van der Waals surface area contributed by atoms with Crippen LogP contribution in [0.2, 0.25) is 0 Å². The minimum Gasteiger partial charge on any atom is -0.384 e. The first-order valence-corrected chi connectivity index (χ1v) is 9.51. The van der Waals surface area contributed by atoms with E-state index in [0.29, 0.717) is 17.1 Å². The Kier molecular flexibility index (Phi) is 6.46. The zero-order chi connectivity index (χ0) is 21.7. The second-order valence-corrected chi connectivity index (χ2v) is 7.18. The van der Waals surface area contributed by atoms with Crippen LogP contribution >= 0.6 is 0 Å². The van der Waals surface area contributed by atoms with Crippen molar-refractivity contribution in [3.8, 4) is 0 Å². The van der Waals surface area contributed by atoms with Crippen LogP contribution in [0.4, 0.5) is 10.2 Å². The molecule has 156 valence electrons. The summed E-state index contributed by atoms with van der Waals surface area (Å²) in [6.07, 6.45) is 1.72. The summed E-state index contributed by atoms with van der Waals surface area (Å²) in [5, 5.41) is 5.55. The Balaban J connectivity index is 1.75. The number of rotatable bonds is 7. The largest absolute Gasteiger partial charge is 0.384 e. The molecular weight excluding hydrogens is 385 g/mol. The number of nitrogens with zero attached hydrogens (tertiary/aromatic N) is 1. The van der Waals surface area contributed by atoms with Crippen molar-refractivity contribution in [3.05, 3.63) is 82.6 Å². The lowest BCUT2D eigenvalue weighted by atomic mass is 10.0. The second-order valence-electron chi connectivity index (χ2n) is 7.18. The maximum absolute atomic E-state index is 13.6. The van der Waals surface area contributed by atoms with Crippen molar-refractivity contribution >= 4 is 17.6 Å². The Bertz CT molecular complexity index is 1050. The van der Waals surface area contributed by atoms with Gasteiger partial charge in [0.2, 0.25) is 5.91 Å². The lowest BCUT2D eigenvalue weighted by Gasteiger charge is -2.19. The van der Waals surface area contributed by atoms with Crippen molar-refractivity contribution in [3.63, 3.8) is 0 Å². The Morgan fingerprint density at radius 1 is 1.17 bits per heavy atom. The molecule has 2 aromatic heterocycles. The lowest BCUT2D eigenvalue weighted by Crippen LogP contribution is -2.48. The molecule has 0 spiro atoms. The van der Waals surface area contributed by atoms with E-state index in [9.17, 15) is 14.0 Å². The average Bonchev–Trinajstić information content (AvgIpc) is 3.05. The zero-order valence-electron chi connectivity index (χ0n) is 16.8. The number of aromatic nitrogens is 2. The molecule has 0 saturated heterocycles. The van der Waals surface area contributed by atoms with Gasteiger partial charge in [0.1, 0.15) is 23.4 Å². The molecule has 0 fully saturated rings. The summed E-state index contributed by atoms with van der Waals surface area (Å²) in [6.45, 7) is 3.89. The van der Waals surface area contributed by atoms with Gasteiger partial charge in [-0.2, -0.15) is 0 Å². The van der Waals surface area contributed by atoms with E-state index in [4.69, 9.17) is 5.73 Å². The van der Waals surface area contributed by atoms with Crippen LogP contribution in [-0.2, 0) is 17.8 Å². The third-order valence-corrected chi connectivity index (χ3v) is 4.64. The number of amides is 2. The first-order valence-electron chi connectivity index (χ1n) is 9.51. The lowest BCUT2D eigenvalue weighted by molar-refractivity contribution is -0.123. The topological polar surface area (TPSA) is 113 Å². The van der Waals surface area contributed by atoms with Gasteiger partial charge in [0.05, 0.1) is 0 Å². The molecule has 0 aliphatic rings. The molecular formula is C22H24FN5O2. The van der Waals surface area contributed by atoms with Gasteiger partial charge in [-0.1, -0.05) is 18.2 Å². The third kappa shape index (κ3) is 5.44. The van der Waals surface area contributed by atoms with Crippen LogP contribution < -0.4 is 16.4 Å². The average molecular weight is 409 g/mol. The number of hydrogen-bond acceptors (Lipinski definition) is 4. The van der Waals surface area contributed by atoms with Crippen LogP contribution in [0.1, 0.15) is 32.9 Å². The molecule has 2 heterocycles. The van der Waals surface area contributed by atoms with Gasteiger partial charge in [-0.15, -0.1) is 0 Å². The smallest absolute Gasteiger partial charge is 0.268 e. The third-order valence-electron chi connectivity index (χ3n) is 4.64. The quantitative estimate of drug-likeness (QED) is 0.480. The van der Waals surface area contributed by atoms with Gasteiger partial charge in [-0.3, -0.25) is 9.59 Å². The van der Waals surface area contributed by atoms with Crippen LogP contribution in [0.15, 0.2) is 48.7 Å². The number of anilines is 1. The number of benzene rings is 1. The van der Waals surface area contributed by atoms with Crippen molar-refractivity contribution < 1.29 is 14.0 Å². The molecule has 1 atom stereocenters. The van der Waals surface area contributed by atoms with Crippen molar-refractivity contribution in [1.29, 1.82) is 0 Å². The SMILES string of the molecule is Cc1cc(C)c(C(=O)N[C@@H](Cc2cccc(F)c2)C(=O)NCc2ccc(N)nc2)[nH]1. The standard InChI is InChI=1S/C22H24FN5O2/c1-13-8-14(2)27-20(13)22(30)28-18(10-15-4-3-5-17(23)9-15)21(29)26-12-16-6-7-19(24)25-11-16/h3-9,11,18,27H,10,12H2,1-2H3,(H2,24,25)(H,26,29)(H,28,30)/t18-/m0/s1. The molecule has 3 rings (SSSR count). The number of nitrogens with two attached hydrogens (primary N) is 1. The van der Waals surface area contributed by atoms with E-state index in [1.54, 1.807) is 30.5 Å². The van der Waals surface area contributed by atoms with Crippen LogP contribution in [-0.4, -0.2) is 27.8 Å². The summed E-state index contributed by atoms with van der Waals surface area (Å²) in [5.41, 5.74) is 8.97. The highest BCUT2D eigenvalue weighted by atomic mass is 19.1. The van der Waals surface area contributed by atoms with Gasteiger partial charge < -0.3 is 21.4 Å². The first kappa shape index (κ1) is 21.0. The van der Waals surface area contributed by atoms with Crippen molar-refractivity contribution in [1.82, 2.24) is 20.6 Å². The second kappa shape index (κ2) is 9.21. The highest BCUT2D eigenvalue weighted by molar-refractivity contribution is 5.97. The number of nitrogens with one attached hydrogen (secondary N) is 3. The zero-order valence-corrected chi connectivity index (χ0v) is 16.8. The maximum Gasteiger partial charge on any atom is 0.268 e. The van der Waals surface area contributed by atoms with Gasteiger partial charge in [0.15, 0.2) is 0 Å². The summed E-state index contributed by atoms with van der Waals surface area (Å²) in [6, 6.07) is 10.3. The Hall–Kier alpha value is -3.68. The molecule has 0 bridgehead atoms. The van der Waals surface area contributed by atoms with Crippen LogP contribution in [0.3, 0.4) is 0 Å². The predicted octanol–water partition coefficient (Wildman–Crippen LogP) is 2.41. The molecule has 0 radical (unpaired) electrons. The maximum atomic E-state index is 13.6. The van der Waals surface area contributed by atoms with E-state index in [0.717, 1.165) is 16.8 Å². The summed E-state index contributed by atoms with van der Waals surface area (Å²) >= 11 is 0. The Morgan fingerprint density at radius 2 is 1.97 bits per heavy atom. The number of carbonyl (C=O) groups excluding carboxylic acids is 2. The number of H-pyrrole nitrogens is 1. The van der Waals surface area contributed by atoms with Gasteiger partial charge in [-0.25, -0.2) is 9.37 Å². The van der Waals surface area contributed by atoms with E-state index in [-0.39, 0.29) is 18.9 Å². The van der Waals surface area contributed by atoms with Crippen LogP contribution in [0.25, 0.3) is 0 Å². The molecule has 0 unspecified atom stereocenters.